The standard InChI is InChI=1S/C19H15N5O5S3/c1-23(10-15-21-22-18(30-15)11-6-4-3-5-7-11)19-20-17(25)13-8-12(32(2,28)29)9-14(24(26)27)16(13)31-19/h3-9H,10H2,1-2H3. The highest BCUT2D eigenvalue weighted by atomic mass is 32.2. The highest BCUT2D eigenvalue weighted by Gasteiger charge is 2.23. The number of nitro benzene ring substituents is 1. The van der Waals surface area contributed by atoms with Crippen molar-refractivity contribution in [1.82, 2.24) is 15.2 Å². The second kappa shape index (κ2) is 8.33. The number of benzene rings is 2. The molecular formula is C19H15N5O5S3. The Hall–Kier alpha value is -3.29. The van der Waals surface area contributed by atoms with E-state index in [9.17, 15) is 23.3 Å². The van der Waals surface area contributed by atoms with E-state index in [0.29, 0.717) is 5.01 Å². The largest absolute Gasteiger partial charge is 0.344 e. The Morgan fingerprint density at radius 2 is 1.84 bits per heavy atom. The lowest BCUT2D eigenvalue weighted by Gasteiger charge is -2.15. The Labute approximate surface area is 189 Å². The predicted molar refractivity (Wildman–Crippen MR) is 123 cm³/mol. The Kier molecular flexibility index (Phi) is 5.71. The summed E-state index contributed by atoms with van der Waals surface area (Å²) in [5.41, 5.74) is -0.259. The zero-order valence-corrected chi connectivity index (χ0v) is 19.2. The molecule has 2 heterocycles. The Bertz CT molecular complexity index is 1500. The summed E-state index contributed by atoms with van der Waals surface area (Å²) in [6.45, 7) is 0.286. The molecule has 10 nitrogen and oxygen atoms in total. The molecule has 164 valence electrons. The van der Waals surface area contributed by atoms with Gasteiger partial charge in [0.2, 0.25) is 0 Å². The zero-order chi connectivity index (χ0) is 23.0. The summed E-state index contributed by atoms with van der Waals surface area (Å²) in [6, 6.07) is 11.7. The van der Waals surface area contributed by atoms with Crippen LogP contribution in [0.4, 0.5) is 10.8 Å². The molecule has 13 heteroatoms. The lowest BCUT2D eigenvalue weighted by Crippen LogP contribution is -2.20. The number of nitrogens with zero attached hydrogens (tertiary/aromatic N) is 5. The quantitative estimate of drug-likeness (QED) is 0.295. The first kappa shape index (κ1) is 21.9. The number of aromatic nitrogens is 3. The van der Waals surface area contributed by atoms with Gasteiger partial charge in [0.15, 0.2) is 15.0 Å². The molecule has 2 aromatic carbocycles. The SMILES string of the molecule is CN(Cc1nnc(-c2ccccc2)s1)c1nc(=O)c2cc(S(C)(=O)=O)cc([N+](=O)[O-])c2s1. The average molecular weight is 490 g/mol. The van der Waals surface area contributed by atoms with Crippen molar-refractivity contribution < 1.29 is 13.3 Å². The molecular weight excluding hydrogens is 474 g/mol. The topological polar surface area (TPSA) is 136 Å². The highest BCUT2D eigenvalue weighted by Crippen LogP contribution is 2.34. The van der Waals surface area contributed by atoms with Gasteiger partial charge in [0, 0.05) is 24.9 Å². The molecule has 0 saturated carbocycles. The third kappa shape index (κ3) is 4.35. The third-order valence-electron chi connectivity index (χ3n) is 4.48. The zero-order valence-electron chi connectivity index (χ0n) is 16.8. The van der Waals surface area contributed by atoms with Crippen LogP contribution in [-0.2, 0) is 16.4 Å². The second-order valence-electron chi connectivity index (χ2n) is 6.87. The van der Waals surface area contributed by atoms with E-state index in [1.54, 1.807) is 11.9 Å². The minimum atomic E-state index is -3.75. The summed E-state index contributed by atoms with van der Waals surface area (Å²) >= 11 is 2.33. The molecule has 4 rings (SSSR count). The summed E-state index contributed by atoms with van der Waals surface area (Å²) in [4.78, 5) is 28.9. The van der Waals surface area contributed by atoms with E-state index in [1.165, 1.54) is 11.3 Å². The summed E-state index contributed by atoms with van der Waals surface area (Å²) in [5.74, 6) is 0. The van der Waals surface area contributed by atoms with Crippen LogP contribution < -0.4 is 10.5 Å². The highest BCUT2D eigenvalue weighted by molar-refractivity contribution is 7.90. The minimum Gasteiger partial charge on any atom is -0.344 e. The van der Waals surface area contributed by atoms with Gasteiger partial charge in [-0.3, -0.25) is 14.9 Å². The molecule has 0 saturated heterocycles. The molecule has 2 aromatic heterocycles. The number of fused-ring (bicyclic) bond motifs is 1. The van der Waals surface area contributed by atoms with Crippen LogP contribution in [0, 0.1) is 10.1 Å². The molecule has 0 bridgehead atoms. The van der Waals surface area contributed by atoms with E-state index in [4.69, 9.17) is 0 Å². The number of hydrogen-bond donors (Lipinski definition) is 0. The van der Waals surface area contributed by atoms with Gasteiger partial charge in [0.25, 0.3) is 11.2 Å². The maximum atomic E-state index is 12.6. The van der Waals surface area contributed by atoms with Gasteiger partial charge in [-0.05, 0) is 6.07 Å². The molecule has 32 heavy (non-hydrogen) atoms. The molecule has 0 amide bonds. The first-order chi connectivity index (χ1) is 15.1. The number of anilines is 1. The van der Waals surface area contributed by atoms with Crippen LogP contribution >= 0.6 is 22.7 Å². The smallest absolute Gasteiger partial charge is 0.288 e. The number of hydrogen-bond acceptors (Lipinski definition) is 11. The van der Waals surface area contributed by atoms with Crippen molar-refractivity contribution >= 4 is 53.4 Å². The van der Waals surface area contributed by atoms with E-state index in [0.717, 1.165) is 40.3 Å². The Morgan fingerprint density at radius 1 is 1.12 bits per heavy atom. The van der Waals surface area contributed by atoms with Gasteiger partial charge in [0.05, 0.1) is 21.7 Å². The van der Waals surface area contributed by atoms with Crippen molar-refractivity contribution in [1.29, 1.82) is 0 Å². The van der Waals surface area contributed by atoms with Gasteiger partial charge in [-0.25, -0.2) is 8.42 Å². The fraction of sp³-hybridized carbons (Fsp3) is 0.158. The summed E-state index contributed by atoms with van der Waals surface area (Å²) < 4.78 is 23.8. The molecule has 0 aliphatic rings. The van der Waals surface area contributed by atoms with Crippen molar-refractivity contribution in [2.45, 2.75) is 11.4 Å². The maximum absolute atomic E-state index is 12.6. The van der Waals surface area contributed by atoms with Crippen molar-refractivity contribution in [2.24, 2.45) is 0 Å². The monoisotopic (exact) mass is 489 g/mol. The molecule has 0 radical (unpaired) electrons. The Balaban J connectivity index is 1.72. The van der Waals surface area contributed by atoms with Gasteiger partial charge in [-0.1, -0.05) is 53.0 Å². The number of non-ortho nitro benzene ring substituents is 1. The van der Waals surface area contributed by atoms with Gasteiger partial charge in [0.1, 0.15) is 14.7 Å². The van der Waals surface area contributed by atoms with Crippen LogP contribution in [0.3, 0.4) is 0 Å². The number of nitro groups is 1. The lowest BCUT2D eigenvalue weighted by atomic mass is 10.2. The summed E-state index contributed by atoms with van der Waals surface area (Å²) in [5, 5.41) is 21.5. The van der Waals surface area contributed by atoms with Crippen molar-refractivity contribution in [3.8, 4) is 10.6 Å². The second-order valence-corrected chi connectivity index (χ2v) is 10.9. The van der Waals surface area contributed by atoms with Crippen LogP contribution in [-0.4, -0.2) is 41.8 Å². The molecule has 4 aromatic rings. The van der Waals surface area contributed by atoms with Crippen LogP contribution in [0.1, 0.15) is 5.01 Å². The molecule has 0 aliphatic heterocycles. The van der Waals surface area contributed by atoms with Crippen LogP contribution in [0.15, 0.2) is 52.2 Å². The van der Waals surface area contributed by atoms with Crippen LogP contribution in [0.5, 0.6) is 0 Å². The van der Waals surface area contributed by atoms with Gasteiger partial charge in [-0.15, -0.1) is 10.2 Å². The van der Waals surface area contributed by atoms with E-state index in [-0.39, 0.29) is 26.7 Å². The minimum absolute atomic E-state index is 0.0616. The van der Waals surface area contributed by atoms with Gasteiger partial charge >= 0.3 is 0 Å². The maximum Gasteiger partial charge on any atom is 0.288 e. The van der Waals surface area contributed by atoms with E-state index >= 15 is 0 Å². The van der Waals surface area contributed by atoms with E-state index in [2.05, 4.69) is 15.2 Å². The van der Waals surface area contributed by atoms with E-state index in [1.807, 2.05) is 30.3 Å². The molecule has 0 N–H and O–H groups in total. The summed E-state index contributed by atoms with van der Waals surface area (Å²) in [6.07, 6.45) is 0.924. The fourth-order valence-corrected chi connectivity index (χ4v) is 5.50. The number of rotatable bonds is 6. The lowest BCUT2D eigenvalue weighted by molar-refractivity contribution is -0.383. The normalized spacial score (nSPS) is 11.6. The van der Waals surface area contributed by atoms with E-state index < -0.39 is 26.0 Å². The molecule has 0 aliphatic carbocycles. The van der Waals surface area contributed by atoms with Crippen LogP contribution in [0.2, 0.25) is 0 Å². The first-order valence-corrected chi connectivity index (χ1v) is 12.6. The van der Waals surface area contributed by atoms with Crippen LogP contribution in [0.25, 0.3) is 20.7 Å². The van der Waals surface area contributed by atoms with Crippen molar-refractivity contribution in [3.05, 3.63) is 67.9 Å². The predicted octanol–water partition coefficient (Wildman–Crippen LogP) is 3.12. The van der Waals surface area contributed by atoms with Gasteiger partial charge < -0.3 is 4.90 Å². The van der Waals surface area contributed by atoms with Crippen molar-refractivity contribution in [2.75, 3.05) is 18.2 Å². The molecule has 0 unspecified atom stereocenters. The molecule has 0 atom stereocenters. The van der Waals surface area contributed by atoms with Crippen molar-refractivity contribution in [3.63, 3.8) is 0 Å². The number of sulfone groups is 1. The Morgan fingerprint density at radius 3 is 2.50 bits per heavy atom. The fourth-order valence-electron chi connectivity index (χ4n) is 2.91. The van der Waals surface area contributed by atoms with Gasteiger partial charge in [-0.2, -0.15) is 4.98 Å². The third-order valence-corrected chi connectivity index (χ3v) is 7.74. The first-order valence-electron chi connectivity index (χ1n) is 9.06. The molecule has 0 fully saturated rings. The summed E-state index contributed by atoms with van der Waals surface area (Å²) in [7, 11) is -2.06. The average Bonchev–Trinajstić information content (AvgIpc) is 3.21. The molecule has 0 spiro atoms.